The number of nitrogens with zero attached hydrogens (tertiary/aromatic N) is 1. The van der Waals surface area contributed by atoms with Crippen LogP contribution in [0.15, 0.2) is 11.8 Å². The van der Waals surface area contributed by atoms with Crippen LogP contribution in [0.25, 0.3) is 0 Å². The van der Waals surface area contributed by atoms with Gasteiger partial charge in [-0.15, -0.1) is 0 Å². The number of aliphatic carboxylic acids is 1. The lowest BCUT2D eigenvalue weighted by molar-refractivity contribution is -0.134. The molecule has 0 aromatic carbocycles. The van der Waals surface area contributed by atoms with Crippen LogP contribution in [-0.2, 0) is 4.79 Å². The van der Waals surface area contributed by atoms with E-state index < -0.39 is 16.4 Å². The molecule has 6 heteroatoms. The zero-order chi connectivity index (χ0) is 12.2. The van der Waals surface area contributed by atoms with Gasteiger partial charge in [0.05, 0.1) is 5.57 Å². The van der Waals surface area contributed by atoms with Gasteiger partial charge < -0.3 is 15.1 Å². The molecule has 0 aliphatic carbocycles. The monoisotopic (exact) mass is 255 g/mol. The first-order valence-electron chi connectivity index (χ1n) is 4.39. The normalized spacial score (nSPS) is 14.9. The molecule has 1 unspecified atom stereocenters. The molecule has 0 amide bonds. The predicted molar refractivity (Wildman–Crippen MR) is 60.1 cm³/mol. The number of carboxylic acids is 1. The highest BCUT2D eigenvalue weighted by Crippen LogP contribution is 2.32. The molecule has 0 bridgehead atoms. The number of aliphatic hydroxyl groups is 1. The van der Waals surface area contributed by atoms with Crippen molar-refractivity contribution in [2.24, 2.45) is 0 Å². The van der Waals surface area contributed by atoms with E-state index in [0.29, 0.717) is 0 Å². The third-order valence-electron chi connectivity index (χ3n) is 1.81. The van der Waals surface area contributed by atoms with E-state index in [-0.39, 0.29) is 12.0 Å². The number of alkyl halides is 2. The number of hydrogen-bond acceptors (Lipinski definition) is 3. The van der Waals surface area contributed by atoms with Gasteiger partial charge in [-0.1, -0.05) is 30.1 Å². The molecule has 0 aliphatic heterocycles. The van der Waals surface area contributed by atoms with Gasteiger partial charge in [-0.25, -0.2) is 4.79 Å². The van der Waals surface area contributed by atoms with Crippen molar-refractivity contribution in [1.82, 2.24) is 4.90 Å². The molecule has 0 heterocycles. The van der Waals surface area contributed by atoms with Gasteiger partial charge in [0, 0.05) is 20.3 Å². The smallest absolute Gasteiger partial charge is 0.335 e. The van der Waals surface area contributed by atoms with Crippen LogP contribution in [0.3, 0.4) is 0 Å². The lowest BCUT2D eigenvalue weighted by Gasteiger charge is -2.25. The average Bonchev–Trinajstić information content (AvgIpc) is 2.12. The third-order valence-corrected chi connectivity index (χ3v) is 2.76. The van der Waals surface area contributed by atoms with Crippen LogP contribution in [0.1, 0.15) is 13.3 Å². The molecule has 0 aromatic heterocycles. The molecule has 0 saturated heterocycles. The maximum Gasteiger partial charge on any atom is 0.335 e. The second kappa shape index (κ2) is 5.58. The van der Waals surface area contributed by atoms with E-state index in [2.05, 4.69) is 0 Å². The van der Waals surface area contributed by atoms with E-state index in [1.54, 1.807) is 21.0 Å². The van der Waals surface area contributed by atoms with E-state index in [1.165, 1.54) is 11.1 Å². The number of hydrogen-bond donors (Lipinski definition) is 2. The molecule has 4 nitrogen and oxygen atoms in total. The molecule has 0 fully saturated rings. The largest absolute Gasteiger partial charge is 0.478 e. The van der Waals surface area contributed by atoms with E-state index >= 15 is 0 Å². The molecular formula is C9H15Cl2NO3. The van der Waals surface area contributed by atoms with Gasteiger partial charge in [-0.05, 0) is 6.42 Å². The third kappa shape index (κ3) is 4.28. The molecule has 0 aliphatic rings. The van der Waals surface area contributed by atoms with Gasteiger partial charge in [0.2, 0.25) is 0 Å². The molecule has 0 saturated carbocycles. The fourth-order valence-electron chi connectivity index (χ4n) is 0.942. The number of aliphatic hydroxyl groups excluding tert-OH is 1. The van der Waals surface area contributed by atoms with Crippen molar-refractivity contribution in [2.75, 3.05) is 14.1 Å². The maximum absolute atomic E-state index is 10.9. The number of carboxylic acid groups (broad SMARTS) is 1. The van der Waals surface area contributed by atoms with Crippen molar-refractivity contribution in [3.05, 3.63) is 11.8 Å². The number of rotatable bonds is 5. The van der Waals surface area contributed by atoms with E-state index in [4.69, 9.17) is 28.3 Å². The molecular weight excluding hydrogens is 241 g/mol. The average molecular weight is 256 g/mol. The summed E-state index contributed by atoms with van der Waals surface area (Å²) < 4.78 is -1.49. The van der Waals surface area contributed by atoms with Gasteiger partial charge in [0.25, 0.3) is 0 Å². The molecule has 2 N–H and O–H groups in total. The molecule has 15 heavy (non-hydrogen) atoms. The van der Waals surface area contributed by atoms with Crippen LogP contribution >= 0.6 is 23.2 Å². The summed E-state index contributed by atoms with van der Waals surface area (Å²) in [5.74, 6) is -1.24. The molecule has 0 radical (unpaired) electrons. The first-order chi connectivity index (χ1) is 6.72. The topological polar surface area (TPSA) is 60.8 Å². The van der Waals surface area contributed by atoms with Crippen molar-refractivity contribution < 1.29 is 15.0 Å². The fraction of sp³-hybridized carbons (Fsp3) is 0.667. The van der Waals surface area contributed by atoms with Crippen LogP contribution in [0.4, 0.5) is 0 Å². The van der Waals surface area contributed by atoms with Gasteiger partial charge in [-0.2, -0.15) is 0 Å². The Bertz CT molecular complexity index is 264. The Morgan fingerprint density at radius 1 is 1.53 bits per heavy atom. The zero-order valence-electron chi connectivity index (χ0n) is 8.87. The molecule has 0 aromatic rings. The number of carbonyl (C=O) groups is 1. The lowest BCUT2D eigenvalue weighted by Crippen LogP contribution is -2.35. The zero-order valence-corrected chi connectivity index (χ0v) is 10.4. The summed E-state index contributed by atoms with van der Waals surface area (Å²) in [5, 5.41) is 18.6. The second-order valence-electron chi connectivity index (χ2n) is 3.37. The van der Waals surface area contributed by atoms with E-state index in [0.717, 1.165) is 0 Å². The molecule has 88 valence electrons. The van der Waals surface area contributed by atoms with Crippen molar-refractivity contribution in [3.63, 3.8) is 0 Å². The summed E-state index contributed by atoms with van der Waals surface area (Å²) in [7, 11) is 3.29. The summed E-state index contributed by atoms with van der Waals surface area (Å²) in [6, 6.07) is 0. The van der Waals surface area contributed by atoms with Crippen LogP contribution in [0, 0.1) is 0 Å². The first kappa shape index (κ1) is 14.6. The minimum absolute atomic E-state index is 0.230. The lowest BCUT2D eigenvalue weighted by atomic mass is 10.1. The van der Waals surface area contributed by atoms with Crippen LogP contribution in [0.2, 0.25) is 0 Å². The highest BCUT2D eigenvalue weighted by molar-refractivity contribution is 6.49. The summed E-state index contributed by atoms with van der Waals surface area (Å²) in [6.07, 6.45) is 0.100. The van der Waals surface area contributed by atoms with Crippen molar-refractivity contribution >= 4 is 29.2 Å². The van der Waals surface area contributed by atoms with Crippen LogP contribution in [-0.4, -0.2) is 45.6 Å². The van der Waals surface area contributed by atoms with Crippen molar-refractivity contribution in [2.45, 2.75) is 23.8 Å². The van der Waals surface area contributed by atoms with Crippen molar-refractivity contribution in [1.29, 1.82) is 0 Å². The predicted octanol–water partition coefficient (Wildman–Crippen LogP) is 1.46. The Balaban J connectivity index is 5.04. The van der Waals surface area contributed by atoms with Crippen molar-refractivity contribution in [3.8, 4) is 0 Å². The molecule has 1 atom stereocenters. The Hall–Kier alpha value is -0.450. The Morgan fingerprint density at radius 3 is 2.27 bits per heavy atom. The second-order valence-corrected chi connectivity index (χ2v) is 4.91. The quantitative estimate of drug-likeness (QED) is 0.577. The number of halogens is 2. The maximum atomic E-state index is 10.9. The molecule has 0 spiro atoms. The van der Waals surface area contributed by atoms with Crippen LogP contribution < -0.4 is 0 Å². The van der Waals surface area contributed by atoms with Gasteiger partial charge in [-0.3, -0.25) is 0 Å². The minimum atomic E-state index is -1.49. The standard InChI is InChI=1S/C9H15Cl2NO3/c1-4-9(10,11)7(13)6(8(14)15)5-12(2)3/h5,7,13H,4H2,1-3H3,(H,14,15). The van der Waals surface area contributed by atoms with Crippen LogP contribution in [0.5, 0.6) is 0 Å². The molecule has 0 rings (SSSR count). The van der Waals surface area contributed by atoms with E-state index in [9.17, 15) is 9.90 Å². The highest BCUT2D eigenvalue weighted by atomic mass is 35.5. The summed E-state index contributed by atoms with van der Waals surface area (Å²) in [5.41, 5.74) is -0.230. The summed E-state index contributed by atoms with van der Waals surface area (Å²) in [6.45, 7) is 1.67. The summed E-state index contributed by atoms with van der Waals surface area (Å²) in [4.78, 5) is 12.4. The highest BCUT2D eigenvalue weighted by Gasteiger charge is 2.37. The first-order valence-corrected chi connectivity index (χ1v) is 5.15. The fourth-order valence-corrected chi connectivity index (χ4v) is 1.18. The van der Waals surface area contributed by atoms with Gasteiger partial charge >= 0.3 is 5.97 Å². The Kier molecular flexibility index (Phi) is 5.42. The van der Waals surface area contributed by atoms with Gasteiger partial charge in [0.1, 0.15) is 10.4 Å². The SMILES string of the molecule is CCC(Cl)(Cl)C(O)C(=CN(C)C)C(=O)O. The minimum Gasteiger partial charge on any atom is -0.478 e. The Labute approximate surface area is 99.1 Å². The van der Waals surface area contributed by atoms with Gasteiger partial charge in [0.15, 0.2) is 0 Å². The summed E-state index contributed by atoms with van der Waals surface area (Å²) >= 11 is 11.6. The van der Waals surface area contributed by atoms with E-state index in [1.807, 2.05) is 0 Å². The Morgan fingerprint density at radius 2 is 2.00 bits per heavy atom.